The highest BCUT2D eigenvalue weighted by Crippen LogP contribution is 2.73. The molecule has 21 aliphatic carbocycles. The van der Waals surface area contributed by atoms with Gasteiger partial charge in [0.2, 0.25) is 0 Å². The summed E-state index contributed by atoms with van der Waals surface area (Å²) in [6.45, 7) is 53.0. The van der Waals surface area contributed by atoms with Gasteiger partial charge in [-0.1, -0.05) is 62.3 Å². The molecule has 23 aliphatic rings. The van der Waals surface area contributed by atoms with Gasteiger partial charge in [-0.05, 0) is 414 Å². The van der Waals surface area contributed by atoms with Gasteiger partial charge in [-0.3, -0.25) is 43.2 Å². The third-order valence-electron chi connectivity index (χ3n) is 41.4. The molecule has 0 spiro atoms. The van der Waals surface area contributed by atoms with Gasteiger partial charge in [0.15, 0.2) is 12.0 Å². The molecule has 2 heterocycles. The summed E-state index contributed by atoms with van der Waals surface area (Å²) in [4.78, 5) is 122. The Morgan fingerprint density at radius 3 is 1.28 bits per heavy atom. The van der Waals surface area contributed by atoms with Crippen LogP contribution in [-0.2, 0) is 95.3 Å². The van der Waals surface area contributed by atoms with Gasteiger partial charge in [-0.15, -0.1) is 0 Å². The normalized spacial score (nSPS) is 39.0. The van der Waals surface area contributed by atoms with Crippen molar-refractivity contribution in [3.05, 3.63) is 0 Å². The largest absolute Gasteiger partial charge is 0.459 e. The Hall–Kier alpha value is -5.97. The first kappa shape index (κ1) is 112. The molecule has 23 fully saturated rings. The summed E-state index contributed by atoms with van der Waals surface area (Å²) in [6, 6.07) is 2.10. The number of fused-ring (bicyclic) bond motifs is 2. The Kier molecular flexibility index (Phi) is 31.7. The predicted molar refractivity (Wildman–Crippen MR) is 531 cm³/mol. The molecule has 141 heavy (non-hydrogen) atoms. The second kappa shape index (κ2) is 39.8. The van der Waals surface area contributed by atoms with Gasteiger partial charge in [-0.25, -0.2) is 4.79 Å². The van der Waals surface area contributed by atoms with Crippen molar-refractivity contribution >= 4 is 59.7 Å². The molecule has 0 aromatic rings. The number of hydrogen-bond donors (Lipinski definition) is 4. The molecule has 16 atom stereocenters. The maximum Gasteiger partial charge on any atom is 0.344 e. The first-order chi connectivity index (χ1) is 65.2. The smallest absolute Gasteiger partial charge is 0.344 e. The summed E-state index contributed by atoms with van der Waals surface area (Å²) in [5.74, 6) is 4.10. The lowest BCUT2D eigenvalue weighted by molar-refractivity contribution is -0.264. The fourth-order valence-electron chi connectivity index (χ4n) is 30.6. The maximum absolute atomic E-state index is 12.8. The van der Waals surface area contributed by atoms with Crippen molar-refractivity contribution in [1.29, 1.82) is 5.26 Å². The second-order valence-electron chi connectivity index (χ2n) is 55.1. The highest BCUT2D eigenvalue weighted by atomic mass is 16.6. The molecule has 798 valence electrons. The minimum absolute atomic E-state index is 0.0105. The Labute approximate surface area is 844 Å². The molecule has 21 saturated carbocycles. The first-order valence-corrected chi connectivity index (χ1v) is 55.6. The maximum atomic E-state index is 12.8. The summed E-state index contributed by atoms with van der Waals surface area (Å²) >= 11 is 0. The SMILES string of the molecule is CCC(C)(C)C(=O)OC(C)(C)C12CC3CC(CC(C(C)(C)O)(C3)C1)C2.CCC(C)(C)C(=O)OC1(CC)C2CC3CC(C2)CC1C3.CCC(C)(C)C(=O)OC12CC3CC(CC(O)(C3)C1)C2.CCC(C)(C)C(=O)OC12CC3CC(O)(CC(O)(C3)C1)C2.CCC(C)(C)C(=O)OC1C2CC3C(=O)OC1C3C2.CCC(C)(C)C(=O)OCC(=O)OC1C2CC3C1OC(=O)C3(C#N)C2.CCC1(OC(=O)C(C)(C)CC)CCCC1. The Morgan fingerprint density at radius 1 is 0.397 bits per heavy atom. The number of esters is 10. The average Bonchev–Trinajstić information content (AvgIpc) is 0.959. The van der Waals surface area contributed by atoms with Crippen LogP contribution in [0.4, 0.5) is 0 Å². The van der Waals surface area contributed by atoms with Crippen molar-refractivity contribution < 1.29 is 116 Å². The average molecular weight is 1980 g/mol. The van der Waals surface area contributed by atoms with Crippen molar-refractivity contribution in [2.45, 2.75) is 519 Å². The van der Waals surface area contributed by atoms with Crippen LogP contribution >= 0.6 is 0 Å². The van der Waals surface area contributed by atoms with Crippen molar-refractivity contribution in [1.82, 2.24) is 0 Å². The number of aliphatic hydroxyl groups is 4. The summed E-state index contributed by atoms with van der Waals surface area (Å²) in [6.07, 6.45) is 36.0. The summed E-state index contributed by atoms with van der Waals surface area (Å²) < 4.78 is 56.9. The summed E-state index contributed by atoms with van der Waals surface area (Å²) in [7, 11) is 0. The fraction of sp³-hybridized carbons (Fsp3) is 0.905. The molecule has 4 N–H and O–H groups in total. The van der Waals surface area contributed by atoms with Crippen LogP contribution in [0.3, 0.4) is 0 Å². The molecule has 0 aromatic carbocycles. The van der Waals surface area contributed by atoms with Gasteiger partial charge in [0.1, 0.15) is 52.4 Å². The number of rotatable bonds is 27. The summed E-state index contributed by atoms with van der Waals surface area (Å²) in [5, 5.41) is 52.3. The minimum Gasteiger partial charge on any atom is -0.459 e. The van der Waals surface area contributed by atoms with Crippen LogP contribution in [0, 0.1) is 148 Å². The highest BCUT2D eigenvalue weighted by Gasteiger charge is 2.74. The van der Waals surface area contributed by atoms with Crippen LogP contribution < -0.4 is 0 Å². The standard InChI is InChI=1S/C22H38O3.C18H30O2.C17H21NO6.C16H26O4.C16H26O3.C14H20O4.C13H24O2/c1-8-18(2,3)17(23)25-20(6,7)22-12-15-9-16(13-22)11-21(10-15,14-22)19(4,5)24;1-5-17(3,4)16(19)20-18(6-2)14-8-12-7-13(10-14)11-15(18)9-12;1-4-16(2,3)14(20)22-7-11(19)23-12-9-5-10-13(12)24-15(21)17(10,6-9)8-18;1-4-13(2,3)12(17)20-16-7-11-5-14(18,9-16)8-15(19,6-11)10-16;1-4-14(2,3)13(17)19-16-8-11-5-12(9-16)7-15(18,6-11)10-16;1-4-14(2,3)13(16)18-10-7-5-8-9(6-7)12(15)17-11(8)10;1-5-12(3,4)11(14)15-13(6-2)9-7-8-10-13/h15-16,24H,8-14H2,1-7H3;12-15H,5-11H2,1-4H3;9-10,12-13H,4-7H2,1-3H3;11,18-19H,4-10H2,1-3H3;11-12,18H,4-10H2,1-3H3;7-11H,4-6H2,1-3H3;5-10H2,1-4H3. The number of ether oxygens (including phenoxy) is 10. The lowest BCUT2D eigenvalue weighted by Gasteiger charge is -2.68. The Bertz CT molecular complexity index is 4560. The Morgan fingerprint density at radius 2 is 0.816 bits per heavy atom. The lowest BCUT2D eigenvalue weighted by atomic mass is 9.38. The van der Waals surface area contributed by atoms with Gasteiger partial charge in [0.25, 0.3) is 0 Å². The Balaban J connectivity index is 0.000000139. The molecule has 16 unspecified atom stereocenters. The molecule has 25 heteroatoms. The number of carbonyl (C=O) groups excluding carboxylic acids is 10. The predicted octanol–water partition coefficient (Wildman–Crippen LogP) is 21.8. The monoisotopic (exact) mass is 1980 g/mol. The van der Waals surface area contributed by atoms with E-state index in [4.69, 9.17) is 47.4 Å². The van der Waals surface area contributed by atoms with Crippen molar-refractivity contribution in [3.8, 4) is 6.07 Å². The van der Waals surface area contributed by atoms with E-state index in [9.17, 15) is 73.6 Å². The van der Waals surface area contributed by atoms with Gasteiger partial charge in [0, 0.05) is 54.8 Å². The van der Waals surface area contributed by atoms with E-state index in [0.717, 1.165) is 166 Å². The third-order valence-corrected chi connectivity index (χ3v) is 41.4. The van der Waals surface area contributed by atoms with E-state index >= 15 is 0 Å². The van der Waals surface area contributed by atoms with E-state index in [1.54, 1.807) is 13.8 Å². The molecule has 0 aromatic heterocycles. The zero-order chi connectivity index (χ0) is 104. The van der Waals surface area contributed by atoms with E-state index in [1.165, 1.54) is 57.8 Å². The number of hydrogen-bond acceptors (Lipinski definition) is 25. The van der Waals surface area contributed by atoms with E-state index in [1.807, 2.05) is 138 Å². The number of nitriles is 1. The highest BCUT2D eigenvalue weighted by molar-refractivity contribution is 5.85. The van der Waals surface area contributed by atoms with E-state index in [2.05, 4.69) is 40.7 Å². The zero-order valence-corrected chi connectivity index (χ0v) is 91.8. The van der Waals surface area contributed by atoms with Crippen LogP contribution in [0.25, 0.3) is 0 Å². The van der Waals surface area contributed by atoms with Crippen LogP contribution in [0.2, 0.25) is 0 Å². The van der Waals surface area contributed by atoms with Crippen molar-refractivity contribution in [3.63, 3.8) is 0 Å². The quantitative estimate of drug-likeness (QED) is 0.0438. The molecular weight excluding hydrogens is 1790 g/mol. The summed E-state index contributed by atoms with van der Waals surface area (Å²) in [5.41, 5.74) is -8.85. The van der Waals surface area contributed by atoms with E-state index < -0.39 is 103 Å². The van der Waals surface area contributed by atoms with Gasteiger partial charge >= 0.3 is 59.7 Å². The first-order valence-electron chi connectivity index (χ1n) is 55.6. The van der Waals surface area contributed by atoms with Crippen molar-refractivity contribution in [2.24, 2.45) is 137 Å². The third kappa shape index (κ3) is 22.1. The van der Waals surface area contributed by atoms with Crippen LogP contribution in [0.5, 0.6) is 0 Å². The molecular formula is C116H185NO24. The lowest BCUT2D eigenvalue weighted by Crippen LogP contribution is -2.67. The molecule has 0 amide bonds. The zero-order valence-electron chi connectivity index (χ0n) is 91.8. The van der Waals surface area contributed by atoms with Gasteiger partial charge < -0.3 is 67.8 Å². The molecule has 2 saturated heterocycles. The minimum atomic E-state index is -1.06. The number of nitrogens with zero attached hydrogens (tertiary/aromatic N) is 1. The second-order valence-corrected chi connectivity index (χ2v) is 55.1. The number of carbonyl (C=O) groups is 10. The fourth-order valence-corrected chi connectivity index (χ4v) is 30.6. The van der Waals surface area contributed by atoms with E-state index in [0.29, 0.717) is 92.3 Å². The van der Waals surface area contributed by atoms with E-state index in [-0.39, 0.29) is 116 Å². The topological polar surface area (TPSA) is 368 Å². The molecule has 2 aliphatic heterocycles. The van der Waals surface area contributed by atoms with Crippen LogP contribution in [0.1, 0.15) is 444 Å². The molecule has 23 rings (SSSR count). The van der Waals surface area contributed by atoms with Crippen LogP contribution in [0.15, 0.2) is 0 Å². The molecule has 0 radical (unpaired) electrons. The molecule has 20 bridgehead atoms. The van der Waals surface area contributed by atoms with Crippen molar-refractivity contribution in [2.75, 3.05) is 6.61 Å². The molecule has 25 nitrogen and oxygen atoms in total. The van der Waals surface area contributed by atoms with Gasteiger partial charge in [0.05, 0.1) is 72.3 Å². The van der Waals surface area contributed by atoms with Gasteiger partial charge in [-0.2, -0.15) is 5.26 Å². The van der Waals surface area contributed by atoms with Crippen LogP contribution in [-0.4, -0.2) is 162 Å².